The van der Waals surface area contributed by atoms with Gasteiger partial charge in [0.1, 0.15) is 0 Å². The van der Waals surface area contributed by atoms with E-state index < -0.39 is 0 Å². The van der Waals surface area contributed by atoms with Crippen LogP contribution in [0.3, 0.4) is 0 Å². The molecule has 1 amide bonds. The van der Waals surface area contributed by atoms with Crippen molar-refractivity contribution in [3.05, 3.63) is 33.3 Å². The molecule has 1 aliphatic rings. The topological polar surface area (TPSA) is 29.1 Å². The van der Waals surface area contributed by atoms with E-state index in [9.17, 15) is 4.79 Å². The first kappa shape index (κ1) is 11.6. The molecule has 0 saturated carbocycles. The van der Waals surface area contributed by atoms with Crippen LogP contribution in [0.15, 0.2) is 16.6 Å². The van der Waals surface area contributed by atoms with Crippen LogP contribution in [-0.4, -0.2) is 11.9 Å². The fraction of sp³-hybridized carbons (Fsp3) is 0.462. The van der Waals surface area contributed by atoms with Gasteiger partial charge in [-0.2, -0.15) is 0 Å². The average molecular weight is 282 g/mol. The van der Waals surface area contributed by atoms with E-state index in [1.807, 2.05) is 0 Å². The summed E-state index contributed by atoms with van der Waals surface area (Å²) in [4.78, 5) is 11.1. The molecule has 1 aliphatic carbocycles. The molecule has 2 rings (SSSR count). The van der Waals surface area contributed by atoms with Crippen LogP contribution in [0, 0.1) is 6.92 Å². The van der Waals surface area contributed by atoms with E-state index in [4.69, 9.17) is 0 Å². The van der Waals surface area contributed by atoms with Gasteiger partial charge in [-0.15, -0.1) is 0 Å². The van der Waals surface area contributed by atoms with Crippen LogP contribution in [0.4, 0.5) is 0 Å². The lowest BCUT2D eigenvalue weighted by atomic mass is 9.86. The molecule has 0 heterocycles. The Morgan fingerprint density at radius 2 is 2.19 bits per heavy atom. The highest BCUT2D eigenvalue weighted by Crippen LogP contribution is 2.30. The number of hydrogen-bond donors (Lipinski definition) is 1. The first-order valence-electron chi connectivity index (χ1n) is 5.62. The largest absolute Gasteiger partial charge is 0.353 e. The third-order valence-electron chi connectivity index (χ3n) is 3.21. The van der Waals surface area contributed by atoms with E-state index in [2.05, 4.69) is 40.3 Å². The van der Waals surface area contributed by atoms with Crippen LogP contribution < -0.4 is 5.32 Å². The van der Waals surface area contributed by atoms with Crippen molar-refractivity contribution in [2.45, 2.75) is 39.2 Å². The smallest absolute Gasteiger partial charge is 0.217 e. The number of fused-ring (bicyclic) bond motifs is 1. The number of benzene rings is 1. The zero-order valence-electron chi connectivity index (χ0n) is 9.64. The van der Waals surface area contributed by atoms with Crippen molar-refractivity contribution in [3.63, 3.8) is 0 Å². The second-order valence-electron chi connectivity index (χ2n) is 4.46. The molecule has 2 nitrogen and oxygen atoms in total. The van der Waals surface area contributed by atoms with Gasteiger partial charge in [0.05, 0.1) is 0 Å². The van der Waals surface area contributed by atoms with Crippen molar-refractivity contribution < 1.29 is 4.79 Å². The minimum absolute atomic E-state index is 0.0669. The number of nitrogens with one attached hydrogen (secondary N) is 1. The molecular weight excluding hydrogens is 266 g/mol. The zero-order chi connectivity index (χ0) is 11.7. The first-order chi connectivity index (χ1) is 7.58. The summed E-state index contributed by atoms with van der Waals surface area (Å²) in [6.07, 6.45) is 3.05. The predicted octanol–water partition coefficient (Wildman–Crippen LogP) is 2.75. The van der Waals surface area contributed by atoms with Gasteiger partial charge in [-0.05, 0) is 48.9 Å². The Bertz CT molecular complexity index is 428. The summed E-state index contributed by atoms with van der Waals surface area (Å²) in [6.45, 7) is 3.74. The summed E-state index contributed by atoms with van der Waals surface area (Å²) in [6, 6.07) is 4.55. The van der Waals surface area contributed by atoms with E-state index in [0.717, 1.165) is 19.3 Å². The van der Waals surface area contributed by atoms with Crippen LogP contribution in [0.1, 0.15) is 30.0 Å². The number of rotatable bonds is 1. The van der Waals surface area contributed by atoms with Gasteiger partial charge in [-0.1, -0.05) is 22.0 Å². The fourth-order valence-corrected chi connectivity index (χ4v) is 2.96. The number of carbonyl (C=O) groups excluding carboxylic acids is 1. The molecule has 0 bridgehead atoms. The molecule has 1 N–H and O–H groups in total. The van der Waals surface area contributed by atoms with E-state index >= 15 is 0 Å². The minimum Gasteiger partial charge on any atom is -0.353 e. The minimum atomic E-state index is 0.0669. The second-order valence-corrected chi connectivity index (χ2v) is 5.32. The highest BCUT2D eigenvalue weighted by Gasteiger charge is 2.22. The Hall–Kier alpha value is -0.830. The van der Waals surface area contributed by atoms with Crippen molar-refractivity contribution in [2.75, 3.05) is 0 Å². The number of carbonyl (C=O) groups is 1. The Morgan fingerprint density at radius 1 is 1.44 bits per heavy atom. The average Bonchev–Trinajstić information content (AvgIpc) is 2.23. The predicted molar refractivity (Wildman–Crippen MR) is 68.5 cm³/mol. The molecular formula is C13H16BrNO. The molecule has 0 radical (unpaired) electrons. The van der Waals surface area contributed by atoms with Gasteiger partial charge in [0, 0.05) is 17.4 Å². The summed E-state index contributed by atoms with van der Waals surface area (Å²) < 4.78 is 1.17. The summed E-state index contributed by atoms with van der Waals surface area (Å²) in [5.74, 6) is 0.0669. The second kappa shape index (κ2) is 4.58. The molecule has 0 aliphatic heterocycles. The SMILES string of the molecule is CC(=O)NC1CCc2c(C)ccc(Br)c2C1. The standard InChI is InChI=1S/C13H16BrNO/c1-8-3-6-13(14)12-7-10(15-9(2)16)4-5-11(8)12/h3,6,10H,4-5,7H2,1-2H3,(H,15,16). The maximum absolute atomic E-state index is 11.1. The molecule has 0 fully saturated rings. The molecule has 16 heavy (non-hydrogen) atoms. The van der Waals surface area contributed by atoms with Crippen LogP contribution in [-0.2, 0) is 17.6 Å². The van der Waals surface area contributed by atoms with Gasteiger partial charge < -0.3 is 5.32 Å². The van der Waals surface area contributed by atoms with Crippen molar-refractivity contribution in [3.8, 4) is 0 Å². The quantitative estimate of drug-likeness (QED) is 0.843. The van der Waals surface area contributed by atoms with Crippen LogP contribution >= 0.6 is 15.9 Å². The molecule has 0 saturated heterocycles. The molecule has 0 spiro atoms. The molecule has 1 atom stereocenters. The van der Waals surface area contributed by atoms with Crippen molar-refractivity contribution in [2.24, 2.45) is 0 Å². The first-order valence-corrected chi connectivity index (χ1v) is 6.41. The van der Waals surface area contributed by atoms with Gasteiger partial charge in [0.2, 0.25) is 5.91 Å². The number of hydrogen-bond acceptors (Lipinski definition) is 1. The van der Waals surface area contributed by atoms with Gasteiger partial charge >= 0.3 is 0 Å². The molecule has 0 aromatic heterocycles. The maximum Gasteiger partial charge on any atom is 0.217 e. The number of halogens is 1. The van der Waals surface area contributed by atoms with E-state index in [1.165, 1.54) is 21.2 Å². The Labute approximate surface area is 105 Å². The van der Waals surface area contributed by atoms with E-state index in [1.54, 1.807) is 6.92 Å². The summed E-state index contributed by atoms with van der Waals surface area (Å²) in [7, 11) is 0. The number of amides is 1. The van der Waals surface area contributed by atoms with Crippen LogP contribution in [0.25, 0.3) is 0 Å². The Kier molecular flexibility index (Phi) is 3.33. The third-order valence-corrected chi connectivity index (χ3v) is 3.95. The molecule has 86 valence electrons. The summed E-state index contributed by atoms with van der Waals surface area (Å²) in [5.41, 5.74) is 4.18. The maximum atomic E-state index is 11.1. The van der Waals surface area contributed by atoms with E-state index in [-0.39, 0.29) is 5.91 Å². The highest BCUT2D eigenvalue weighted by molar-refractivity contribution is 9.10. The monoisotopic (exact) mass is 281 g/mol. The van der Waals surface area contributed by atoms with Crippen molar-refractivity contribution in [1.82, 2.24) is 5.32 Å². The Morgan fingerprint density at radius 3 is 2.88 bits per heavy atom. The lowest BCUT2D eigenvalue weighted by molar-refractivity contribution is -0.119. The summed E-state index contributed by atoms with van der Waals surface area (Å²) in [5, 5.41) is 3.01. The van der Waals surface area contributed by atoms with Gasteiger partial charge in [0.15, 0.2) is 0 Å². The fourth-order valence-electron chi connectivity index (χ4n) is 2.43. The Balaban J connectivity index is 2.26. The molecule has 3 heteroatoms. The van der Waals surface area contributed by atoms with E-state index in [0.29, 0.717) is 6.04 Å². The normalized spacial score (nSPS) is 19.1. The van der Waals surface area contributed by atoms with Gasteiger partial charge in [-0.25, -0.2) is 0 Å². The highest BCUT2D eigenvalue weighted by atomic mass is 79.9. The zero-order valence-corrected chi connectivity index (χ0v) is 11.2. The van der Waals surface area contributed by atoms with Crippen molar-refractivity contribution >= 4 is 21.8 Å². The third kappa shape index (κ3) is 2.29. The van der Waals surface area contributed by atoms with Crippen LogP contribution in [0.2, 0.25) is 0 Å². The van der Waals surface area contributed by atoms with Crippen LogP contribution in [0.5, 0.6) is 0 Å². The summed E-state index contributed by atoms with van der Waals surface area (Å²) >= 11 is 3.60. The van der Waals surface area contributed by atoms with Crippen molar-refractivity contribution in [1.29, 1.82) is 0 Å². The number of aryl methyl sites for hydroxylation is 1. The lowest BCUT2D eigenvalue weighted by Crippen LogP contribution is -2.37. The van der Waals surface area contributed by atoms with Gasteiger partial charge in [-0.3, -0.25) is 4.79 Å². The molecule has 1 aromatic carbocycles. The molecule has 1 unspecified atom stereocenters. The molecule has 1 aromatic rings. The lowest BCUT2D eigenvalue weighted by Gasteiger charge is -2.27. The van der Waals surface area contributed by atoms with Gasteiger partial charge in [0.25, 0.3) is 0 Å².